The van der Waals surface area contributed by atoms with Crippen LogP contribution in [0.5, 0.6) is 0 Å². The van der Waals surface area contributed by atoms with Gasteiger partial charge in [-0.3, -0.25) is 4.79 Å². The van der Waals surface area contributed by atoms with E-state index in [1.165, 1.54) is 6.92 Å². The molecule has 128 valence electrons. The van der Waals surface area contributed by atoms with Crippen LogP contribution < -0.4 is 5.32 Å². The minimum Gasteiger partial charge on any atom is -0.449 e. The van der Waals surface area contributed by atoms with Crippen LogP contribution in [0.1, 0.15) is 35.7 Å². The Kier molecular flexibility index (Phi) is 5.28. The van der Waals surface area contributed by atoms with Gasteiger partial charge in [-0.1, -0.05) is 12.1 Å². The number of esters is 1. The van der Waals surface area contributed by atoms with E-state index in [9.17, 15) is 18.4 Å². The van der Waals surface area contributed by atoms with Crippen molar-refractivity contribution in [3.05, 3.63) is 46.9 Å². The van der Waals surface area contributed by atoms with Gasteiger partial charge in [-0.2, -0.15) is 0 Å². The summed E-state index contributed by atoms with van der Waals surface area (Å²) in [7, 11) is 0. The van der Waals surface area contributed by atoms with Crippen molar-refractivity contribution in [3.8, 4) is 0 Å². The Morgan fingerprint density at radius 3 is 2.75 bits per heavy atom. The number of carbonyl (C=O) groups excluding carboxylic acids is 2. The van der Waals surface area contributed by atoms with E-state index in [1.54, 1.807) is 13.8 Å². The van der Waals surface area contributed by atoms with E-state index in [0.29, 0.717) is 12.1 Å². The summed E-state index contributed by atoms with van der Waals surface area (Å²) in [6.45, 7) is 4.66. The van der Waals surface area contributed by atoms with Crippen molar-refractivity contribution in [3.63, 3.8) is 0 Å². The van der Waals surface area contributed by atoms with E-state index in [1.807, 2.05) is 0 Å². The molecule has 2 rings (SSSR count). The fourth-order valence-electron chi connectivity index (χ4n) is 2.02. The summed E-state index contributed by atoms with van der Waals surface area (Å²) in [5, 5.41) is 5.90. The van der Waals surface area contributed by atoms with Crippen molar-refractivity contribution in [2.75, 3.05) is 5.32 Å². The first-order valence-corrected chi connectivity index (χ1v) is 7.25. The third kappa shape index (κ3) is 3.76. The average molecular weight is 338 g/mol. The molecule has 8 heteroatoms. The van der Waals surface area contributed by atoms with Crippen LogP contribution in [0, 0.1) is 18.6 Å². The molecule has 0 saturated heterocycles. The number of ether oxygens (including phenoxy) is 1. The Hall–Kier alpha value is -2.77. The lowest BCUT2D eigenvalue weighted by molar-refractivity contribution is -0.123. The number of carbonyl (C=O) groups is 2. The zero-order valence-electron chi connectivity index (χ0n) is 13.4. The Morgan fingerprint density at radius 1 is 1.38 bits per heavy atom. The van der Waals surface area contributed by atoms with Crippen LogP contribution in [-0.4, -0.2) is 23.1 Å². The molecule has 2 aromatic rings. The Labute approximate surface area is 136 Å². The number of aromatic nitrogens is 1. The van der Waals surface area contributed by atoms with Crippen molar-refractivity contribution < 1.29 is 27.6 Å². The molecular formula is C16H16F2N2O4. The summed E-state index contributed by atoms with van der Waals surface area (Å²) < 4.78 is 36.6. The molecule has 1 aromatic carbocycles. The highest BCUT2D eigenvalue weighted by Crippen LogP contribution is 2.18. The number of rotatable bonds is 5. The smallest absolute Gasteiger partial charge is 0.344 e. The first-order chi connectivity index (χ1) is 11.3. The number of amides is 1. The average Bonchev–Trinajstić information content (AvgIpc) is 2.91. The number of benzene rings is 1. The zero-order chi connectivity index (χ0) is 17.9. The van der Waals surface area contributed by atoms with E-state index in [4.69, 9.17) is 9.26 Å². The molecule has 1 N–H and O–H groups in total. The van der Waals surface area contributed by atoms with Gasteiger partial charge in [0, 0.05) is 6.07 Å². The highest BCUT2D eigenvalue weighted by molar-refractivity contribution is 5.98. The van der Waals surface area contributed by atoms with Gasteiger partial charge in [0.05, 0.1) is 11.4 Å². The van der Waals surface area contributed by atoms with E-state index in [2.05, 4.69) is 10.5 Å². The second kappa shape index (κ2) is 7.20. The summed E-state index contributed by atoms with van der Waals surface area (Å²) in [4.78, 5) is 24.2. The van der Waals surface area contributed by atoms with Gasteiger partial charge in [0.25, 0.3) is 5.91 Å². The van der Waals surface area contributed by atoms with Gasteiger partial charge >= 0.3 is 5.97 Å². The van der Waals surface area contributed by atoms with Gasteiger partial charge in [0.2, 0.25) is 0 Å². The summed E-state index contributed by atoms with van der Waals surface area (Å²) in [6, 6.07) is 2.64. The Balaban J connectivity index is 2.07. The lowest BCUT2D eigenvalue weighted by Gasteiger charge is -2.14. The molecule has 6 nitrogen and oxygen atoms in total. The van der Waals surface area contributed by atoms with Crippen LogP contribution in [-0.2, 0) is 16.0 Å². The first kappa shape index (κ1) is 17.6. The molecule has 0 spiro atoms. The third-order valence-electron chi connectivity index (χ3n) is 3.31. The fourth-order valence-corrected chi connectivity index (χ4v) is 2.02. The molecule has 0 fully saturated rings. The van der Waals surface area contributed by atoms with Gasteiger partial charge in [-0.25, -0.2) is 13.6 Å². The number of hydrogen-bond acceptors (Lipinski definition) is 5. The molecule has 0 radical (unpaired) electrons. The number of anilines is 1. The maximum Gasteiger partial charge on any atom is 0.344 e. The molecule has 24 heavy (non-hydrogen) atoms. The van der Waals surface area contributed by atoms with Crippen molar-refractivity contribution >= 4 is 17.6 Å². The molecule has 1 heterocycles. The summed E-state index contributed by atoms with van der Waals surface area (Å²) in [5.41, 5.74) is 0.244. The van der Waals surface area contributed by atoms with Crippen molar-refractivity contribution in [2.45, 2.75) is 33.3 Å². The van der Waals surface area contributed by atoms with Gasteiger partial charge < -0.3 is 14.6 Å². The highest BCUT2D eigenvalue weighted by Gasteiger charge is 2.25. The van der Waals surface area contributed by atoms with Gasteiger partial charge in [0.1, 0.15) is 23.0 Å². The van der Waals surface area contributed by atoms with Crippen molar-refractivity contribution in [1.82, 2.24) is 5.16 Å². The first-order valence-electron chi connectivity index (χ1n) is 7.25. The molecule has 0 aliphatic rings. The van der Waals surface area contributed by atoms with E-state index < -0.39 is 29.6 Å². The predicted molar refractivity (Wildman–Crippen MR) is 80.5 cm³/mol. The summed E-state index contributed by atoms with van der Waals surface area (Å²) >= 11 is 0. The number of nitrogens with zero attached hydrogens (tertiary/aromatic N) is 1. The quantitative estimate of drug-likeness (QED) is 0.848. The maximum absolute atomic E-state index is 13.5. The van der Waals surface area contributed by atoms with Crippen molar-refractivity contribution in [2.24, 2.45) is 0 Å². The third-order valence-corrected chi connectivity index (χ3v) is 3.31. The minimum absolute atomic E-state index is 0.161. The number of nitrogens with one attached hydrogen (secondary N) is 1. The van der Waals surface area contributed by atoms with Crippen LogP contribution in [0.2, 0.25) is 0 Å². The second-order valence-corrected chi connectivity index (χ2v) is 5.07. The van der Waals surface area contributed by atoms with E-state index in [0.717, 1.165) is 18.2 Å². The lowest BCUT2D eigenvalue weighted by atomic mass is 10.1. The monoisotopic (exact) mass is 338 g/mol. The molecule has 0 aliphatic heterocycles. The molecule has 0 saturated carbocycles. The van der Waals surface area contributed by atoms with Crippen LogP contribution in [0.25, 0.3) is 0 Å². The van der Waals surface area contributed by atoms with Gasteiger partial charge in [-0.15, -0.1) is 0 Å². The predicted octanol–water partition coefficient (Wildman–Crippen LogP) is 3.01. The highest BCUT2D eigenvalue weighted by atomic mass is 19.1. The van der Waals surface area contributed by atoms with E-state index >= 15 is 0 Å². The second-order valence-electron chi connectivity index (χ2n) is 5.07. The standard InChI is InChI=1S/C16H16F2N2O4/c1-4-12-14(8(2)24-20-12)16(22)23-9(3)15(21)19-13-7-10(17)5-6-11(13)18/h5-7,9H,4H2,1-3H3,(H,19,21)/t9-/m0/s1. The maximum atomic E-state index is 13.5. The summed E-state index contributed by atoms with van der Waals surface area (Å²) in [5.74, 6) is -2.79. The minimum atomic E-state index is -1.22. The Bertz CT molecular complexity index is 773. The lowest BCUT2D eigenvalue weighted by Crippen LogP contribution is -2.30. The number of hydrogen-bond donors (Lipinski definition) is 1. The molecule has 1 amide bonds. The molecule has 0 unspecified atom stereocenters. The van der Waals surface area contributed by atoms with Crippen LogP contribution in [0.15, 0.2) is 22.7 Å². The Morgan fingerprint density at radius 2 is 2.08 bits per heavy atom. The number of aryl methyl sites for hydroxylation is 2. The normalized spacial score (nSPS) is 11.9. The largest absolute Gasteiger partial charge is 0.449 e. The van der Waals surface area contributed by atoms with Crippen LogP contribution in [0.3, 0.4) is 0 Å². The SMILES string of the molecule is CCc1noc(C)c1C(=O)O[C@@H](C)C(=O)Nc1cc(F)ccc1F. The van der Waals surface area contributed by atoms with E-state index in [-0.39, 0.29) is 17.0 Å². The van der Waals surface area contributed by atoms with Gasteiger partial charge in [-0.05, 0) is 32.4 Å². The summed E-state index contributed by atoms with van der Waals surface area (Å²) in [6.07, 6.45) is -0.768. The zero-order valence-corrected chi connectivity index (χ0v) is 13.4. The molecule has 1 aromatic heterocycles. The molecule has 1 atom stereocenters. The van der Waals surface area contributed by atoms with Gasteiger partial charge in [0.15, 0.2) is 6.10 Å². The number of halogens is 2. The molecular weight excluding hydrogens is 322 g/mol. The van der Waals surface area contributed by atoms with Crippen LogP contribution in [0.4, 0.5) is 14.5 Å². The van der Waals surface area contributed by atoms with Crippen molar-refractivity contribution in [1.29, 1.82) is 0 Å². The van der Waals surface area contributed by atoms with Crippen LogP contribution >= 0.6 is 0 Å². The molecule has 0 bridgehead atoms. The molecule has 0 aliphatic carbocycles. The topological polar surface area (TPSA) is 81.4 Å². The fraction of sp³-hybridized carbons (Fsp3) is 0.312.